The van der Waals surface area contributed by atoms with E-state index in [2.05, 4.69) is 30.9 Å². The standard InChI is InChI=1S/C13H9BrN4/c14-9-3-4-10-11(6-9)17-13(18-12(10)15)8-2-1-5-16-7-8/h1-7H,(H2,15,17,18). The normalized spacial score (nSPS) is 10.7. The van der Waals surface area contributed by atoms with Crippen LogP contribution in [0.5, 0.6) is 0 Å². The highest BCUT2D eigenvalue weighted by Crippen LogP contribution is 2.25. The Morgan fingerprint density at radius 3 is 2.78 bits per heavy atom. The van der Waals surface area contributed by atoms with Crippen molar-refractivity contribution in [1.82, 2.24) is 15.0 Å². The second-order valence-corrected chi connectivity index (χ2v) is 4.75. The maximum Gasteiger partial charge on any atom is 0.163 e. The number of nitrogens with zero attached hydrogens (tertiary/aromatic N) is 3. The molecule has 0 radical (unpaired) electrons. The maximum absolute atomic E-state index is 5.96. The van der Waals surface area contributed by atoms with Gasteiger partial charge in [0.1, 0.15) is 5.82 Å². The van der Waals surface area contributed by atoms with Gasteiger partial charge in [-0.2, -0.15) is 0 Å². The van der Waals surface area contributed by atoms with Crippen LogP contribution in [0.1, 0.15) is 0 Å². The third kappa shape index (κ3) is 1.93. The fourth-order valence-electron chi connectivity index (χ4n) is 1.75. The summed E-state index contributed by atoms with van der Waals surface area (Å²) in [4.78, 5) is 12.9. The van der Waals surface area contributed by atoms with E-state index >= 15 is 0 Å². The molecule has 88 valence electrons. The summed E-state index contributed by atoms with van der Waals surface area (Å²) >= 11 is 3.42. The van der Waals surface area contributed by atoms with Crippen LogP contribution in [0.3, 0.4) is 0 Å². The van der Waals surface area contributed by atoms with Crippen molar-refractivity contribution in [1.29, 1.82) is 0 Å². The number of fused-ring (bicyclic) bond motifs is 1. The third-order valence-electron chi connectivity index (χ3n) is 2.61. The molecule has 0 bridgehead atoms. The van der Waals surface area contributed by atoms with Gasteiger partial charge in [0, 0.05) is 27.8 Å². The van der Waals surface area contributed by atoms with Gasteiger partial charge in [-0.1, -0.05) is 15.9 Å². The van der Waals surface area contributed by atoms with Gasteiger partial charge in [0.15, 0.2) is 5.82 Å². The van der Waals surface area contributed by atoms with Gasteiger partial charge < -0.3 is 5.73 Å². The van der Waals surface area contributed by atoms with Crippen molar-refractivity contribution in [3.8, 4) is 11.4 Å². The van der Waals surface area contributed by atoms with Crippen molar-refractivity contribution in [2.75, 3.05) is 5.73 Å². The van der Waals surface area contributed by atoms with Crippen molar-refractivity contribution in [2.45, 2.75) is 0 Å². The monoisotopic (exact) mass is 300 g/mol. The van der Waals surface area contributed by atoms with Gasteiger partial charge in [0.25, 0.3) is 0 Å². The zero-order chi connectivity index (χ0) is 12.5. The molecule has 1 aromatic carbocycles. The Kier molecular flexibility index (Phi) is 2.68. The van der Waals surface area contributed by atoms with Gasteiger partial charge in [0.05, 0.1) is 5.52 Å². The SMILES string of the molecule is Nc1nc(-c2cccnc2)nc2cc(Br)ccc12. The fraction of sp³-hybridized carbons (Fsp3) is 0. The first-order valence-electron chi connectivity index (χ1n) is 5.37. The van der Waals surface area contributed by atoms with Crippen molar-refractivity contribution in [3.05, 3.63) is 47.2 Å². The minimum atomic E-state index is 0.478. The summed E-state index contributed by atoms with van der Waals surface area (Å²) in [5.41, 5.74) is 7.63. The number of benzene rings is 1. The number of nitrogens with two attached hydrogens (primary N) is 1. The maximum atomic E-state index is 5.96. The average Bonchev–Trinajstić information content (AvgIpc) is 2.39. The average molecular weight is 301 g/mol. The van der Waals surface area contributed by atoms with Crippen LogP contribution >= 0.6 is 15.9 Å². The molecule has 4 nitrogen and oxygen atoms in total. The summed E-state index contributed by atoms with van der Waals surface area (Å²) in [6, 6.07) is 9.51. The molecular weight excluding hydrogens is 292 g/mol. The van der Waals surface area contributed by atoms with Crippen LogP contribution in [0.2, 0.25) is 0 Å². The van der Waals surface area contributed by atoms with Gasteiger partial charge in [-0.25, -0.2) is 9.97 Å². The van der Waals surface area contributed by atoms with Crippen molar-refractivity contribution in [3.63, 3.8) is 0 Å². The van der Waals surface area contributed by atoms with E-state index in [4.69, 9.17) is 5.73 Å². The van der Waals surface area contributed by atoms with E-state index in [1.807, 2.05) is 30.3 Å². The molecule has 2 N–H and O–H groups in total. The number of halogens is 1. The molecule has 3 aromatic rings. The lowest BCUT2D eigenvalue weighted by Crippen LogP contribution is -1.97. The Labute approximate surface area is 112 Å². The van der Waals surface area contributed by atoms with Gasteiger partial charge in [-0.05, 0) is 30.3 Å². The number of pyridine rings is 1. The predicted octanol–water partition coefficient (Wildman–Crippen LogP) is 3.04. The smallest absolute Gasteiger partial charge is 0.163 e. The van der Waals surface area contributed by atoms with E-state index in [1.165, 1.54) is 0 Å². The molecule has 5 heteroatoms. The molecular formula is C13H9BrN4. The van der Waals surface area contributed by atoms with E-state index in [0.717, 1.165) is 20.9 Å². The Balaban J connectivity index is 2.27. The third-order valence-corrected chi connectivity index (χ3v) is 3.10. The molecule has 0 fully saturated rings. The first kappa shape index (κ1) is 11.1. The molecule has 0 unspecified atom stereocenters. The minimum absolute atomic E-state index is 0.478. The number of nitrogen functional groups attached to an aromatic ring is 1. The number of aromatic nitrogens is 3. The first-order chi connectivity index (χ1) is 8.74. The molecule has 2 aromatic heterocycles. The van der Waals surface area contributed by atoms with Crippen LogP contribution in [0, 0.1) is 0 Å². The molecule has 2 heterocycles. The van der Waals surface area contributed by atoms with Crippen LogP contribution in [-0.2, 0) is 0 Å². The number of rotatable bonds is 1. The summed E-state index contributed by atoms with van der Waals surface area (Å²) in [5, 5.41) is 0.853. The van der Waals surface area contributed by atoms with Crippen molar-refractivity contribution >= 4 is 32.7 Å². The zero-order valence-corrected chi connectivity index (χ0v) is 10.9. The molecule has 3 rings (SSSR count). The van der Waals surface area contributed by atoms with Crippen molar-refractivity contribution in [2.24, 2.45) is 0 Å². The Bertz CT molecular complexity index is 713. The lowest BCUT2D eigenvalue weighted by molar-refractivity contribution is 1.21. The summed E-state index contributed by atoms with van der Waals surface area (Å²) in [5.74, 6) is 1.07. The Morgan fingerprint density at radius 1 is 1.11 bits per heavy atom. The van der Waals surface area contributed by atoms with Gasteiger partial charge in [-0.15, -0.1) is 0 Å². The van der Waals surface area contributed by atoms with Crippen LogP contribution in [-0.4, -0.2) is 15.0 Å². The van der Waals surface area contributed by atoms with E-state index in [1.54, 1.807) is 12.4 Å². The molecule has 18 heavy (non-hydrogen) atoms. The molecule has 0 saturated carbocycles. The minimum Gasteiger partial charge on any atom is -0.383 e. The molecule has 0 aliphatic rings. The molecule has 0 amide bonds. The topological polar surface area (TPSA) is 64.7 Å². The van der Waals surface area contributed by atoms with Crippen LogP contribution < -0.4 is 5.73 Å². The van der Waals surface area contributed by atoms with Crippen molar-refractivity contribution < 1.29 is 0 Å². The molecule has 0 saturated heterocycles. The number of anilines is 1. The molecule has 0 aliphatic carbocycles. The largest absolute Gasteiger partial charge is 0.383 e. The highest BCUT2D eigenvalue weighted by molar-refractivity contribution is 9.10. The molecule has 0 spiro atoms. The second kappa shape index (κ2) is 4.34. The van der Waals surface area contributed by atoms with Crippen LogP contribution in [0.25, 0.3) is 22.3 Å². The lowest BCUT2D eigenvalue weighted by Gasteiger charge is -2.05. The van der Waals surface area contributed by atoms with E-state index in [-0.39, 0.29) is 0 Å². The van der Waals surface area contributed by atoms with Crippen LogP contribution in [0.15, 0.2) is 47.2 Å². The highest BCUT2D eigenvalue weighted by atomic mass is 79.9. The van der Waals surface area contributed by atoms with E-state index in [9.17, 15) is 0 Å². The van der Waals surface area contributed by atoms with Gasteiger partial charge in [0.2, 0.25) is 0 Å². The quantitative estimate of drug-likeness (QED) is 0.750. The number of hydrogen-bond donors (Lipinski definition) is 1. The Morgan fingerprint density at radius 2 is 2.00 bits per heavy atom. The van der Waals surface area contributed by atoms with E-state index < -0.39 is 0 Å². The molecule has 0 aliphatic heterocycles. The molecule has 0 atom stereocenters. The summed E-state index contributed by atoms with van der Waals surface area (Å²) in [6.07, 6.45) is 3.43. The fourth-order valence-corrected chi connectivity index (χ4v) is 2.10. The first-order valence-corrected chi connectivity index (χ1v) is 6.16. The van der Waals surface area contributed by atoms with Crippen LogP contribution in [0.4, 0.5) is 5.82 Å². The van der Waals surface area contributed by atoms with E-state index in [0.29, 0.717) is 11.6 Å². The highest BCUT2D eigenvalue weighted by Gasteiger charge is 2.07. The predicted molar refractivity (Wildman–Crippen MR) is 74.9 cm³/mol. The summed E-state index contributed by atoms with van der Waals surface area (Å²) in [6.45, 7) is 0. The lowest BCUT2D eigenvalue weighted by atomic mass is 10.2. The summed E-state index contributed by atoms with van der Waals surface area (Å²) < 4.78 is 0.963. The van der Waals surface area contributed by atoms with Gasteiger partial charge >= 0.3 is 0 Å². The van der Waals surface area contributed by atoms with Gasteiger partial charge in [-0.3, -0.25) is 4.98 Å². The second-order valence-electron chi connectivity index (χ2n) is 3.84. The number of hydrogen-bond acceptors (Lipinski definition) is 4. The Hall–Kier alpha value is -2.01. The zero-order valence-electron chi connectivity index (χ0n) is 9.34. The summed E-state index contributed by atoms with van der Waals surface area (Å²) in [7, 11) is 0.